The molecule has 0 saturated heterocycles. The Hall–Kier alpha value is -1.99. The van der Waals surface area contributed by atoms with Crippen molar-refractivity contribution in [3.63, 3.8) is 0 Å². The number of aliphatic hydroxyl groups is 1. The monoisotopic (exact) mass is 514 g/mol. The van der Waals surface area contributed by atoms with Crippen molar-refractivity contribution >= 4 is 5.97 Å². The van der Waals surface area contributed by atoms with E-state index in [1.807, 2.05) is 18.2 Å². The molecule has 0 radical (unpaired) electrons. The van der Waals surface area contributed by atoms with E-state index >= 15 is 0 Å². The normalized spacial score (nSPS) is 34.8. The molecule has 1 N–H and O–H groups in total. The number of rotatable bonds is 4. The van der Waals surface area contributed by atoms with Crippen molar-refractivity contribution in [1.82, 2.24) is 0 Å². The van der Waals surface area contributed by atoms with Crippen LogP contribution in [0.15, 0.2) is 60.3 Å². The minimum atomic E-state index is -0.630. The van der Waals surface area contributed by atoms with E-state index in [1.54, 1.807) is 13.2 Å². The number of cyclic esters (lactones) is 1. The van der Waals surface area contributed by atoms with Crippen LogP contribution in [0.3, 0.4) is 0 Å². The predicted octanol–water partition coefficient (Wildman–Crippen LogP) is 5.77. The standard InChI is InChI=1S/C31H46O6/c1-22-16-17-35-27(20-22)14-15-29(34-4)30-12-5-8-25(32)19-23(2)18-24(3)21-28-11-6-9-26(36-28)10-7-13-31(33)37-30/h5-6,8-9,14-16,24-30,32H,2,7,10-13,17-21H2,1,3-4H3/b8-5-,15-14?. The number of fused-ring (bicyclic) bond motifs is 2. The second kappa shape index (κ2) is 15.4. The van der Waals surface area contributed by atoms with Crippen LogP contribution in [0, 0.1) is 5.92 Å². The highest BCUT2D eigenvalue weighted by Gasteiger charge is 2.25. The van der Waals surface area contributed by atoms with E-state index < -0.39 is 18.3 Å². The van der Waals surface area contributed by atoms with Crippen LogP contribution < -0.4 is 0 Å². The van der Waals surface area contributed by atoms with E-state index in [0.29, 0.717) is 38.2 Å². The number of ether oxygens (including phenoxy) is 4. The molecule has 2 bridgehead atoms. The zero-order chi connectivity index (χ0) is 26.6. The topological polar surface area (TPSA) is 74.2 Å². The number of hydrogen-bond donors (Lipinski definition) is 1. The Morgan fingerprint density at radius 3 is 2.78 bits per heavy atom. The highest BCUT2D eigenvalue weighted by molar-refractivity contribution is 5.69. The van der Waals surface area contributed by atoms with Crippen LogP contribution in [-0.2, 0) is 23.7 Å². The van der Waals surface area contributed by atoms with Crippen LogP contribution in [-0.4, -0.2) is 61.4 Å². The van der Waals surface area contributed by atoms with Gasteiger partial charge in [-0.15, -0.1) is 0 Å². The van der Waals surface area contributed by atoms with Gasteiger partial charge in [0, 0.05) is 20.0 Å². The van der Waals surface area contributed by atoms with Crippen molar-refractivity contribution < 1.29 is 28.8 Å². The van der Waals surface area contributed by atoms with Gasteiger partial charge < -0.3 is 24.1 Å². The molecule has 7 atom stereocenters. The molecule has 0 spiro atoms. The molecule has 0 aliphatic carbocycles. The number of aliphatic hydroxyl groups excluding tert-OH is 1. The van der Waals surface area contributed by atoms with Gasteiger partial charge in [0.2, 0.25) is 0 Å². The molecular weight excluding hydrogens is 468 g/mol. The Labute approximate surface area is 223 Å². The second-order valence-corrected chi connectivity index (χ2v) is 10.8. The molecule has 37 heavy (non-hydrogen) atoms. The zero-order valence-corrected chi connectivity index (χ0v) is 22.8. The van der Waals surface area contributed by atoms with Gasteiger partial charge >= 0.3 is 5.97 Å². The minimum Gasteiger partial charge on any atom is -0.459 e. The number of esters is 1. The molecule has 3 aliphatic heterocycles. The average Bonchev–Trinajstić information content (AvgIpc) is 2.83. The van der Waals surface area contributed by atoms with Gasteiger partial charge in [0.25, 0.3) is 0 Å². The van der Waals surface area contributed by atoms with E-state index in [9.17, 15) is 9.90 Å². The van der Waals surface area contributed by atoms with Crippen molar-refractivity contribution in [3.8, 4) is 0 Å². The highest BCUT2D eigenvalue weighted by Crippen LogP contribution is 2.26. The van der Waals surface area contributed by atoms with Crippen LogP contribution in [0.1, 0.15) is 71.6 Å². The van der Waals surface area contributed by atoms with Gasteiger partial charge in [0.05, 0.1) is 31.0 Å². The summed E-state index contributed by atoms with van der Waals surface area (Å²) in [5.41, 5.74) is 2.33. The van der Waals surface area contributed by atoms with E-state index in [4.69, 9.17) is 18.9 Å². The molecule has 0 saturated carbocycles. The van der Waals surface area contributed by atoms with Gasteiger partial charge in [0.1, 0.15) is 12.2 Å². The Balaban J connectivity index is 1.70. The van der Waals surface area contributed by atoms with Gasteiger partial charge in [-0.05, 0) is 57.8 Å². The molecule has 0 amide bonds. The smallest absolute Gasteiger partial charge is 0.306 e. The molecule has 3 aliphatic rings. The SMILES string of the molecule is C=C1CC(O)/C=C\CC(C(C=CC2CC(C)=CCO2)OC)OC(=O)CCCC2C=CCC(CC(C)C1)O2. The number of carbonyl (C=O) groups is 1. The van der Waals surface area contributed by atoms with Gasteiger partial charge in [-0.1, -0.05) is 67.2 Å². The molecule has 3 rings (SSSR count). The third-order valence-electron chi connectivity index (χ3n) is 7.22. The van der Waals surface area contributed by atoms with E-state index in [2.05, 4.69) is 38.7 Å². The lowest BCUT2D eigenvalue weighted by molar-refractivity contribution is -0.154. The summed E-state index contributed by atoms with van der Waals surface area (Å²) in [5.74, 6) is 0.183. The largest absolute Gasteiger partial charge is 0.459 e. The lowest BCUT2D eigenvalue weighted by atomic mass is 9.91. The van der Waals surface area contributed by atoms with Gasteiger partial charge in [-0.25, -0.2) is 0 Å². The molecule has 206 valence electrons. The van der Waals surface area contributed by atoms with Crippen LogP contribution in [0.5, 0.6) is 0 Å². The Morgan fingerprint density at radius 1 is 1.19 bits per heavy atom. The number of hydrogen-bond acceptors (Lipinski definition) is 6. The number of carbonyl (C=O) groups excluding carboxylic acids is 1. The minimum absolute atomic E-state index is 0.0179. The maximum absolute atomic E-state index is 12.8. The van der Waals surface area contributed by atoms with Crippen LogP contribution in [0.4, 0.5) is 0 Å². The first kappa shape index (κ1) is 29.6. The lowest BCUT2D eigenvalue weighted by Crippen LogP contribution is -2.32. The average molecular weight is 515 g/mol. The summed E-state index contributed by atoms with van der Waals surface area (Å²) in [7, 11) is 1.62. The van der Waals surface area contributed by atoms with Gasteiger partial charge in [-0.3, -0.25) is 4.79 Å². The molecule has 6 heteroatoms. The maximum Gasteiger partial charge on any atom is 0.306 e. The van der Waals surface area contributed by atoms with E-state index in [0.717, 1.165) is 37.7 Å². The fourth-order valence-electron chi connectivity index (χ4n) is 5.30. The molecular formula is C31H46O6. The summed E-state index contributed by atoms with van der Waals surface area (Å²) in [4.78, 5) is 12.8. The summed E-state index contributed by atoms with van der Waals surface area (Å²) < 4.78 is 23.7. The third kappa shape index (κ3) is 10.7. The first-order valence-electron chi connectivity index (χ1n) is 13.8. The fraction of sp³-hybridized carbons (Fsp3) is 0.645. The third-order valence-corrected chi connectivity index (χ3v) is 7.22. The Kier molecular flexibility index (Phi) is 12.3. The first-order valence-corrected chi connectivity index (χ1v) is 13.8. The van der Waals surface area contributed by atoms with Gasteiger partial charge in [-0.2, -0.15) is 0 Å². The number of methoxy groups -OCH3 is 1. The molecule has 0 aromatic carbocycles. The molecule has 0 aromatic heterocycles. The summed E-state index contributed by atoms with van der Waals surface area (Å²) in [6.07, 6.45) is 19.0. The van der Waals surface area contributed by atoms with Crippen LogP contribution in [0.25, 0.3) is 0 Å². The van der Waals surface area contributed by atoms with E-state index in [-0.39, 0.29) is 24.3 Å². The first-order chi connectivity index (χ1) is 17.8. The molecule has 7 unspecified atom stereocenters. The molecule has 0 aromatic rings. The Bertz CT molecular complexity index is 856. The molecule has 6 nitrogen and oxygen atoms in total. The zero-order valence-electron chi connectivity index (χ0n) is 22.8. The molecule has 0 fully saturated rings. The second-order valence-electron chi connectivity index (χ2n) is 10.8. The van der Waals surface area contributed by atoms with Crippen LogP contribution >= 0.6 is 0 Å². The van der Waals surface area contributed by atoms with Crippen molar-refractivity contribution in [2.45, 2.75) is 108 Å². The quantitative estimate of drug-likeness (QED) is 0.379. The summed E-state index contributed by atoms with van der Waals surface area (Å²) in [6, 6.07) is 0. The van der Waals surface area contributed by atoms with E-state index in [1.165, 1.54) is 5.57 Å². The summed E-state index contributed by atoms with van der Waals surface area (Å²) in [5, 5.41) is 10.6. The lowest BCUT2D eigenvalue weighted by Gasteiger charge is -2.28. The van der Waals surface area contributed by atoms with Crippen molar-refractivity contribution in [1.29, 1.82) is 0 Å². The Morgan fingerprint density at radius 2 is 2.00 bits per heavy atom. The predicted molar refractivity (Wildman–Crippen MR) is 146 cm³/mol. The highest BCUT2D eigenvalue weighted by atomic mass is 16.6. The fourth-order valence-corrected chi connectivity index (χ4v) is 5.30. The summed E-state index contributed by atoms with van der Waals surface area (Å²) >= 11 is 0. The van der Waals surface area contributed by atoms with Gasteiger partial charge in [0.15, 0.2) is 0 Å². The van der Waals surface area contributed by atoms with Crippen molar-refractivity contribution in [2.75, 3.05) is 13.7 Å². The maximum atomic E-state index is 12.8. The van der Waals surface area contributed by atoms with Crippen molar-refractivity contribution in [3.05, 3.63) is 60.3 Å². The van der Waals surface area contributed by atoms with Crippen molar-refractivity contribution in [2.24, 2.45) is 5.92 Å². The molecule has 3 heterocycles. The van der Waals surface area contributed by atoms with Crippen LogP contribution in [0.2, 0.25) is 0 Å². The summed E-state index contributed by atoms with van der Waals surface area (Å²) in [6.45, 7) is 9.12.